The largest absolute Gasteiger partial charge is 0.573 e. The Kier molecular flexibility index (Phi) is 4.51. The van der Waals surface area contributed by atoms with Crippen LogP contribution in [0, 0.1) is 13.7 Å². The van der Waals surface area contributed by atoms with Gasteiger partial charge in [0.2, 0.25) is 5.75 Å². The number of hydrogen-bond donors (Lipinski definition) is 0. The highest BCUT2D eigenvalue weighted by atomic mass is 127. The van der Waals surface area contributed by atoms with E-state index in [-0.39, 0.29) is 3.57 Å². The molecule has 106 valence electrons. The lowest BCUT2D eigenvalue weighted by Gasteiger charge is -2.12. The number of nitro groups is 1. The minimum atomic E-state index is -5.30. The summed E-state index contributed by atoms with van der Waals surface area (Å²) < 4.78 is 62.2. The average Bonchev–Trinajstić information content (AvgIpc) is 2.16. The Morgan fingerprint density at radius 3 is 2.26 bits per heavy atom. The SMILES string of the molecule is O=[N+]([O-])c1cc(I)cc(S(=O)(=O)Cl)c1OC(F)(F)F. The first-order chi connectivity index (χ1) is 8.42. The van der Waals surface area contributed by atoms with Crippen LogP contribution in [0.2, 0.25) is 0 Å². The van der Waals surface area contributed by atoms with E-state index in [1.165, 1.54) is 22.6 Å². The Labute approximate surface area is 122 Å². The molecule has 0 aliphatic rings. The minimum absolute atomic E-state index is 0.0121. The van der Waals surface area contributed by atoms with Gasteiger partial charge in [-0.05, 0) is 28.7 Å². The van der Waals surface area contributed by atoms with Crippen molar-refractivity contribution in [1.29, 1.82) is 0 Å². The second kappa shape index (κ2) is 5.28. The van der Waals surface area contributed by atoms with E-state index < -0.39 is 36.7 Å². The molecule has 0 amide bonds. The highest BCUT2D eigenvalue weighted by Crippen LogP contribution is 2.40. The highest BCUT2D eigenvalue weighted by molar-refractivity contribution is 14.1. The fourth-order valence-electron chi connectivity index (χ4n) is 1.09. The van der Waals surface area contributed by atoms with Crippen molar-refractivity contribution in [2.24, 2.45) is 0 Å². The Bertz CT molecular complexity index is 632. The summed E-state index contributed by atoms with van der Waals surface area (Å²) in [7, 11) is 0.294. The molecule has 6 nitrogen and oxygen atoms in total. The van der Waals surface area contributed by atoms with Crippen molar-refractivity contribution in [3.63, 3.8) is 0 Å². The van der Waals surface area contributed by atoms with Gasteiger partial charge >= 0.3 is 12.0 Å². The first-order valence-electron chi connectivity index (χ1n) is 4.10. The molecule has 19 heavy (non-hydrogen) atoms. The summed E-state index contributed by atoms with van der Waals surface area (Å²) in [6.07, 6.45) is -5.30. The van der Waals surface area contributed by atoms with Crippen LogP contribution in [0.3, 0.4) is 0 Å². The second-order valence-corrected chi connectivity index (χ2v) is 6.77. The fraction of sp³-hybridized carbons (Fsp3) is 0.143. The van der Waals surface area contributed by atoms with E-state index in [1.807, 2.05) is 0 Å². The van der Waals surface area contributed by atoms with E-state index >= 15 is 0 Å². The van der Waals surface area contributed by atoms with Gasteiger partial charge in [-0.15, -0.1) is 13.2 Å². The van der Waals surface area contributed by atoms with Crippen LogP contribution in [0.25, 0.3) is 0 Å². The van der Waals surface area contributed by atoms with Crippen LogP contribution >= 0.6 is 33.3 Å². The molecule has 0 unspecified atom stereocenters. The number of halogens is 5. The summed E-state index contributed by atoms with van der Waals surface area (Å²) in [5.41, 5.74) is -1.15. The highest BCUT2D eigenvalue weighted by Gasteiger charge is 2.38. The summed E-state index contributed by atoms with van der Waals surface area (Å²) >= 11 is 1.49. The Hall–Kier alpha value is -0.820. The minimum Gasteiger partial charge on any atom is -0.397 e. The number of rotatable bonds is 3. The van der Waals surface area contributed by atoms with Crippen LogP contribution in [-0.2, 0) is 9.05 Å². The van der Waals surface area contributed by atoms with Crippen LogP contribution in [0.4, 0.5) is 18.9 Å². The molecule has 0 atom stereocenters. The van der Waals surface area contributed by atoms with E-state index in [4.69, 9.17) is 10.7 Å². The predicted octanol–water partition coefficient (Wildman–Crippen LogP) is 3.03. The molecule has 1 rings (SSSR count). The van der Waals surface area contributed by atoms with Gasteiger partial charge in [0.25, 0.3) is 9.05 Å². The summed E-state index contributed by atoms with van der Waals surface area (Å²) in [6, 6.07) is 1.46. The zero-order chi connectivity index (χ0) is 15.0. The molecule has 0 bridgehead atoms. The normalized spacial score (nSPS) is 12.3. The molecule has 0 saturated carbocycles. The van der Waals surface area contributed by atoms with Gasteiger partial charge in [-0.2, -0.15) is 0 Å². The molecule has 0 N–H and O–H groups in total. The van der Waals surface area contributed by atoms with Crippen molar-refractivity contribution in [2.45, 2.75) is 11.3 Å². The average molecular weight is 432 g/mol. The maximum absolute atomic E-state index is 12.2. The van der Waals surface area contributed by atoms with Gasteiger partial charge in [0.05, 0.1) is 4.92 Å². The predicted molar refractivity (Wildman–Crippen MR) is 65.5 cm³/mol. The third-order valence-electron chi connectivity index (χ3n) is 1.68. The molecule has 0 saturated heterocycles. The third kappa shape index (κ3) is 4.35. The smallest absolute Gasteiger partial charge is 0.397 e. The summed E-state index contributed by atoms with van der Waals surface area (Å²) in [6.45, 7) is 0. The molecule has 12 heteroatoms. The molecule has 1 aromatic carbocycles. The maximum atomic E-state index is 12.2. The van der Waals surface area contributed by atoms with Crippen LogP contribution in [-0.4, -0.2) is 19.7 Å². The van der Waals surface area contributed by atoms with Crippen LogP contribution < -0.4 is 4.74 Å². The summed E-state index contributed by atoms with van der Waals surface area (Å²) in [4.78, 5) is 8.34. The lowest BCUT2D eigenvalue weighted by molar-refractivity contribution is -0.389. The number of nitrogens with zero attached hydrogens (tertiary/aromatic N) is 1. The van der Waals surface area contributed by atoms with E-state index in [9.17, 15) is 31.7 Å². The van der Waals surface area contributed by atoms with Crippen LogP contribution in [0.5, 0.6) is 5.75 Å². The number of alkyl halides is 3. The molecule has 0 fully saturated rings. The van der Waals surface area contributed by atoms with Crippen molar-refractivity contribution in [1.82, 2.24) is 0 Å². The first kappa shape index (κ1) is 16.2. The molecule has 0 spiro atoms. The number of benzene rings is 1. The standard InChI is InChI=1S/C7H2ClF3INO5S/c8-19(16,17)5-2-3(12)1-4(13(14)15)6(5)18-7(9,10)11/h1-2H. The van der Waals surface area contributed by atoms with E-state index in [0.29, 0.717) is 0 Å². The van der Waals surface area contributed by atoms with Crippen molar-refractivity contribution < 1.29 is 31.2 Å². The van der Waals surface area contributed by atoms with Gasteiger partial charge in [0, 0.05) is 20.3 Å². The fourth-order valence-corrected chi connectivity index (χ4v) is 2.89. The van der Waals surface area contributed by atoms with Crippen molar-refractivity contribution in [2.75, 3.05) is 0 Å². The molecule has 0 aliphatic heterocycles. The Morgan fingerprint density at radius 2 is 1.89 bits per heavy atom. The molecule has 0 radical (unpaired) electrons. The molecular formula is C7H2ClF3INO5S. The Morgan fingerprint density at radius 1 is 1.37 bits per heavy atom. The van der Waals surface area contributed by atoms with Crippen molar-refractivity contribution in [3.8, 4) is 5.75 Å². The van der Waals surface area contributed by atoms with E-state index in [1.54, 1.807) is 0 Å². The van der Waals surface area contributed by atoms with Gasteiger partial charge in [-0.3, -0.25) is 10.1 Å². The summed E-state index contributed by atoms with van der Waals surface area (Å²) in [5, 5.41) is 10.7. The zero-order valence-corrected chi connectivity index (χ0v) is 12.2. The van der Waals surface area contributed by atoms with Crippen molar-refractivity contribution in [3.05, 3.63) is 25.8 Å². The molecule has 0 heterocycles. The lowest BCUT2D eigenvalue weighted by Crippen LogP contribution is -2.19. The Balaban J connectivity index is 3.67. The quantitative estimate of drug-likeness (QED) is 0.318. The molecular weight excluding hydrogens is 429 g/mol. The van der Waals surface area contributed by atoms with Gasteiger partial charge in [0.1, 0.15) is 4.90 Å². The van der Waals surface area contributed by atoms with Crippen LogP contribution in [0.15, 0.2) is 17.0 Å². The first-order valence-corrected chi connectivity index (χ1v) is 7.49. The van der Waals surface area contributed by atoms with E-state index in [2.05, 4.69) is 4.74 Å². The molecule has 0 aromatic heterocycles. The number of hydrogen-bond acceptors (Lipinski definition) is 5. The van der Waals surface area contributed by atoms with Gasteiger partial charge < -0.3 is 4.74 Å². The van der Waals surface area contributed by atoms with E-state index in [0.717, 1.165) is 12.1 Å². The summed E-state index contributed by atoms with van der Waals surface area (Å²) in [5.74, 6) is -1.46. The topological polar surface area (TPSA) is 86.5 Å². The third-order valence-corrected chi connectivity index (χ3v) is 3.63. The molecule has 0 aliphatic carbocycles. The van der Waals surface area contributed by atoms with Gasteiger partial charge in [-0.25, -0.2) is 8.42 Å². The number of ether oxygens (including phenoxy) is 1. The second-order valence-electron chi connectivity index (χ2n) is 2.99. The monoisotopic (exact) mass is 431 g/mol. The zero-order valence-electron chi connectivity index (χ0n) is 8.44. The van der Waals surface area contributed by atoms with Crippen LogP contribution in [0.1, 0.15) is 0 Å². The van der Waals surface area contributed by atoms with Crippen molar-refractivity contribution >= 4 is 48.0 Å². The van der Waals surface area contributed by atoms with Gasteiger partial charge in [0.15, 0.2) is 0 Å². The maximum Gasteiger partial charge on any atom is 0.573 e. The van der Waals surface area contributed by atoms with Gasteiger partial charge in [-0.1, -0.05) is 0 Å². The lowest BCUT2D eigenvalue weighted by atomic mass is 10.3. The number of nitro benzene ring substituents is 1. The molecule has 1 aromatic rings.